The normalized spacial score (nSPS) is 13.0. The lowest BCUT2D eigenvalue weighted by molar-refractivity contribution is 0.194. The Balaban J connectivity index is 1.54. The molecule has 2 aromatic heterocycles. The molecule has 0 unspecified atom stereocenters. The first-order chi connectivity index (χ1) is 13.1. The SMILES string of the molecule is N#Cc1cc(NC(=O)N2CCn3ncc(-c4ccc(F)cc4)c3C2)ccn1. The molecular formula is C19H15FN6O. The summed E-state index contributed by atoms with van der Waals surface area (Å²) in [4.78, 5) is 18.2. The van der Waals surface area contributed by atoms with Gasteiger partial charge in [0.25, 0.3) is 0 Å². The summed E-state index contributed by atoms with van der Waals surface area (Å²) in [6.07, 6.45) is 3.22. The standard InChI is InChI=1S/C19H15FN6O/c20-14-3-1-13(2-4-14)17-11-23-26-8-7-25(12-18(17)26)19(27)24-15-5-6-22-16(9-15)10-21/h1-6,9,11H,7-8,12H2,(H,22,24,27). The van der Waals surface area contributed by atoms with E-state index in [-0.39, 0.29) is 17.5 Å². The van der Waals surface area contributed by atoms with Crippen LogP contribution in [0.1, 0.15) is 11.4 Å². The molecule has 4 rings (SSSR count). The van der Waals surface area contributed by atoms with Crippen molar-refractivity contribution in [1.82, 2.24) is 19.7 Å². The summed E-state index contributed by atoms with van der Waals surface area (Å²) in [6.45, 7) is 1.47. The van der Waals surface area contributed by atoms with Crippen LogP contribution in [0.15, 0.2) is 48.8 Å². The molecule has 134 valence electrons. The van der Waals surface area contributed by atoms with Crippen molar-refractivity contribution >= 4 is 11.7 Å². The van der Waals surface area contributed by atoms with Crippen LogP contribution in [0.25, 0.3) is 11.1 Å². The average molecular weight is 362 g/mol. The van der Waals surface area contributed by atoms with Gasteiger partial charge in [-0.15, -0.1) is 0 Å². The van der Waals surface area contributed by atoms with E-state index in [1.54, 1.807) is 29.3 Å². The molecule has 0 radical (unpaired) electrons. The highest BCUT2D eigenvalue weighted by Gasteiger charge is 2.24. The van der Waals surface area contributed by atoms with Crippen LogP contribution in [-0.4, -0.2) is 32.2 Å². The van der Waals surface area contributed by atoms with Gasteiger partial charge in [0, 0.05) is 24.0 Å². The highest BCUT2D eigenvalue weighted by molar-refractivity contribution is 5.89. The van der Waals surface area contributed by atoms with Crippen LogP contribution >= 0.6 is 0 Å². The van der Waals surface area contributed by atoms with E-state index in [2.05, 4.69) is 15.4 Å². The topological polar surface area (TPSA) is 86.8 Å². The molecule has 7 nitrogen and oxygen atoms in total. The number of carbonyl (C=O) groups is 1. The van der Waals surface area contributed by atoms with Gasteiger partial charge < -0.3 is 10.2 Å². The van der Waals surface area contributed by atoms with Crippen molar-refractivity contribution < 1.29 is 9.18 Å². The summed E-state index contributed by atoms with van der Waals surface area (Å²) < 4.78 is 15.1. The zero-order chi connectivity index (χ0) is 18.8. The van der Waals surface area contributed by atoms with Crippen molar-refractivity contribution in [2.45, 2.75) is 13.1 Å². The van der Waals surface area contributed by atoms with Gasteiger partial charge in [-0.3, -0.25) is 4.68 Å². The van der Waals surface area contributed by atoms with Gasteiger partial charge in [0.05, 0.1) is 25.0 Å². The zero-order valence-electron chi connectivity index (χ0n) is 14.3. The number of hydrogen-bond acceptors (Lipinski definition) is 4. The molecule has 0 spiro atoms. The predicted octanol–water partition coefficient (Wildman–Crippen LogP) is 3.00. The van der Waals surface area contributed by atoms with E-state index < -0.39 is 0 Å². The van der Waals surface area contributed by atoms with Gasteiger partial charge in [0.15, 0.2) is 0 Å². The van der Waals surface area contributed by atoms with Crippen LogP contribution in [0.5, 0.6) is 0 Å². The van der Waals surface area contributed by atoms with E-state index in [4.69, 9.17) is 5.26 Å². The van der Waals surface area contributed by atoms with Crippen molar-refractivity contribution in [3.63, 3.8) is 0 Å². The fourth-order valence-electron chi connectivity index (χ4n) is 3.06. The molecule has 2 amide bonds. The molecule has 3 heterocycles. The highest BCUT2D eigenvalue weighted by Crippen LogP contribution is 2.27. The second-order valence-electron chi connectivity index (χ2n) is 6.13. The number of anilines is 1. The molecule has 0 aliphatic carbocycles. The zero-order valence-corrected chi connectivity index (χ0v) is 14.3. The Morgan fingerprint density at radius 1 is 1.22 bits per heavy atom. The van der Waals surface area contributed by atoms with Gasteiger partial charge in [0.1, 0.15) is 17.6 Å². The maximum absolute atomic E-state index is 13.2. The van der Waals surface area contributed by atoms with Crippen molar-refractivity contribution in [3.8, 4) is 17.2 Å². The highest BCUT2D eigenvalue weighted by atomic mass is 19.1. The predicted molar refractivity (Wildman–Crippen MR) is 96.0 cm³/mol. The molecular weight excluding hydrogens is 347 g/mol. The Kier molecular flexibility index (Phi) is 4.26. The molecule has 1 N–H and O–H groups in total. The summed E-state index contributed by atoms with van der Waals surface area (Å²) in [7, 11) is 0. The van der Waals surface area contributed by atoms with Crippen LogP contribution in [0.2, 0.25) is 0 Å². The molecule has 3 aromatic rings. The first-order valence-corrected chi connectivity index (χ1v) is 8.37. The largest absolute Gasteiger partial charge is 0.322 e. The minimum absolute atomic E-state index is 0.239. The number of halogens is 1. The van der Waals surface area contributed by atoms with E-state index in [1.807, 2.05) is 10.8 Å². The number of carbonyl (C=O) groups excluding carboxylic acids is 1. The van der Waals surface area contributed by atoms with Gasteiger partial charge in [-0.2, -0.15) is 10.4 Å². The molecule has 1 aromatic carbocycles. The van der Waals surface area contributed by atoms with Crippen molar-refractivity contribution in [1.29, 1.82) is 5.26 Å². The summed E-state index contributed by atoms with van der Waals surface area (Å²) in [5, 5.41) is 16.1. The summed E-state index contributed by atoms with van der Waals surface area (Å²) in [5.41, 5.74) is 3.39. The summed E-state index contributed by atoms with van der Waals surface area (Å²) >= 11 is 0. The summed E-state index contributed by atoms with van der Waals surface area (Å²) in [5.74, 6) is -0.296. The number of hydrogen-bond donors (Lipinski definition) is 1. The van der Waals surface area contributed by atoms with E-state index in [9.17, 15) is 9.18 Å². The maximum atomic E-state index is 13.2. The number of urea groups is 1. The Hall–Kier alpha value is -3.73. The number of nitrogens with one attached hydrogen (secondary N) is 1. The van der Waals surface area contributed by atoms with Gasteiger partial charge in [-0.1, -0.05) is 12.1 Å². The first kappa shape index (κ1) is 16.7. The smallest absolute Gasteiger partial charge is 0.317 e. The third-order valence-corrected chi connectivity index (χ3v) is 4.44. The Morgan fingerprint density at radius 2 is 2.04 bits per heavy atom. The lowest BCUT2D eigenvalue weighted by Gasteiger charge is -2.28. The number of aromatic nitrogens is 3. The van der Waals surface area contributed by atoms with Crippen LogP contribution in [0.3, 0.4) is 0 Å². The minimum Gasteiger partial charge on any atom is -0.317 e. The lowest BCUT2D eigenvalue weighted by atomic mass is 10.1. The molecule has 1 aliphatic rings. The molecule has 0 fully saturated rings. The third-order valence-electron chi connectivity index (χ3n) is 4.44. The Morgan fingerprint density at radius 3 is 2.81 bits per heavy atom. The number of pyridine rings is 1. The third kappa shape index (κ3) is 3.35. The fraction of sp³-hybridized carbons (Fsp3) is 0.158. The van der Waals surface area contributed by atoms with Crippen LogP contribution in [0.4, 0.5) is 14.9 Å². The first-order valence-electron chi connectivity index (χ1n) is 8.37. The maximum Gasteiger partial charge on any atom is 0.322 e. The quantitative estimate of drug-likeness (QED) is 0.759. The van der Waals surface area contributed by atoms with Gasteiger partial charge in [0.2, 0.25) is 0 Å². The number of benzene rings is 1. The van der Waals surface area contributed by atoms with Crippen LogP contribution in [0, 0.1) is 17.1 Å². The van der Waals surface area contributed by atoms with E-state index in [0.717, 1.165) is 16.8 Å². The van der Waals surface area contributed by atoms with Gasteiger partial charge >= 0.3 is 6.03 Å². The molecule has 0 bridgehead atoms. The van der Waals surface area contributed by atoms with Gasteiger partial charge in [-0.05, 0) is 29.8 Å². The monoisotopic (exact) mass is 362 g/mol. The fourth-order valence-corrected chi connectivity index (χ4v) is 3.06. The van der Waals surface area contributed by atoms with Crippen molar-refractivity contribution in [3.05, 3.63) is 66.0 Å². The number of nitriles is 1. The number of amides is 2. The summed E-state index contributed by atoms with van der Waals surface area (Å²) in [6, 6.07) is 11.1. The molecule has 8 heteroatoms. The molecule has 0 atom stereocenters. The number of rotatable bonds is 2. The van der Waals surface area contributed by atoms with Crippen molar-refractivity contribution in [2.75, 3.05) is 11.9 Å². The van der Waals surface area contributed by atoms with E-state index >= 15 is 0 Å². The van der Waals surface area contributed by atoms with Crippen LogP contribution < -0.4 is 5.32 Å². The van der Waals surface area contributed by atoms with Crippen LogP contribution in [-0.2, 0) is 13.1 Å². The second-order valence-corrected chi connectivity index (χ2v) is 6.13. The van der Waals surface area contributed by atoms with Crippen molar-refractivity contribution in [2.24, 2.45) is 0 Å². The molecule has 0 saturated heterocycles. The Labute approximate surface area is 154 Å². The second kappa shape index (κ2) is 6.88. The number of fused-ring (bicyclic) bond motifs is 1. The molecule has 1 aliphatic heterocycles. The lowest BCUT2D eigenvalue weighted by Crippen LogP contribution is -2.41. The Bertz CT molecular complexity index is 1040. The number of nitrogens with zero attached hydrogens (tertiary/aromatic N) is 5. The van der Waals surface area contributed by atoms with Gasteiger partial charge in [-0.25, -0.2) is 14.2 Å². The minimum atomic E-state index is -0.296. The molecule has 27 heavy (non-hydrogen) atoms. The average Bonchev–Trinajstić information content (AvgIpc) is 3.12. The van der Waals surface area contributed by atoms with E-state index in [0.29, 0.717) is 25.3 Å². The van der Waals surface area contributed by atoms with E-state index in [1.165, 1.54) is 24.4 Å². The molecule has 0 saturated carbocycles.